The van der Waals surface area contributed by atoms with Crippen molar-refractivity contribution in [1.82, 2.24) is 19.7 Å². The minimum Gasteiger partial charge on any atom is -0.267 e. The highest BCUT2D eigenvalue weighted by molar-refractivity contribution is 6.34. The van der Waals surface area contributed by atoms with Crippen molar-refractivity contribution in [1.29, 1.82) is 0 Å². The van der Waals surface area contributed by atoms with Gasteiger partial charge in [0.1, 0.15) is 5.52 Å². The van der Waals surface area contributed by atoms with Gasteiger partial charge in [0.25, 0.3) is 5.91 Å². The number of aryl methyl sites for hydroxylation is 1. The van der Waals surface area contributed by atoms with Crippen LogP contribution in [-0.4, -0.2) is 25.7 Å². The first kappa shape index (κ1) is 13.8. The van der Waals surface area contributed by atoms with E-state index in [-0.39, 0.29) is 5.91 Å². The first-order chi connectivity index (χ1) is 11.1. The molecule has 0 amide bonds. The average molecular weight is 323 g/mol. The minimum atomic E-state index is -0.321. The molecule has 4 aromatic rings. The summed E-state index contributed by atoms with van der Waals surface area (Å²) < 4.78 is 1.27. The van der Waals surface area contributed by atoms with Gasteiger partial charge in [-0.25, -0.2) is 9.97 Å². The molecule has 0 spiro atoms. The number of carbonyl (C=O) groups is 1. The Morgan fingerprint density at radius 1 is 1.00 bits per heavy atom. The molecule has 112 valence electrons. The lowest BCUT2D eigenvalue weighted by Gasteiger charge is -2.04. The van der Waals surface area contributed by atoms with Gasteiger partial charge >= 0.3 is 0 Å². The molecule has 2 aromatic heterocycles. The smallest absolute Gasteiger partial charge is 0.267 e. The van der Waals surface area contributed by atoms with E-state index in [0.29, 0.717) is 33.0 Å². The third-order valence-corrected chi connectivity index (χ3v) is 3.97. The van der Waals surface area contributed by atoms with Crippen LogP contribution in [0, 0.1) is 6.92 Å². The predicted octanol–water partition coefficient (Wildman–Crippen LogP) is 3.63. The number of para-hydroxylation sites is 2. The fourth-order valence-electron chi connectivity index (χ4n) is 2.52. The molecule has 0 bridgehead atoms. The van der Waals surface area contributed by atoms with Crippen molar-refractivity contribution in [3.05, 3.63) is 64.8 Å². The fourth-order valence-corrected chi connectivity index (χ4v) is 2.73. The monoisotopic (exact) mass is 322 g/mol. The molecule has 23 heavy (non-hydrogen) atoms. The largest absolute Gasteiger partial charge is 0.281 e. The average Bonchev–Trinajstić information content (AvgIpc) is 2.89. The maximum absolute atomic E-state index is 12.8. The van der Waals surface area contributed by atoms with Gasteiger partial charge in [0.2, 0.25) is 0 Å². The van der Waals surface area contributed by atoms with Gasteiger partial charge in [-0.15, -0.1) is 0 Å². The lowest BCUT2D eigenvalue weighted by atomic mass is 10.2. The van der Waals surface area contributed by atoms with E-state index < -0.39 is 0 Å². The number of hydrogen-bond acceptors (Lipinski definition) is 4. The lowest BCUT2D eigenvalue weighted by Crippen LogP contribution is -2.14. The van der Waals surface area contributed by atoms with Crippen molar-refractivity contribution in [2.75, 3.05) is 0 Å². The van der Waals surface area contributed by atoms with Crippen molar-refractivity contribution >= 4 is 39.7 Å². The molecular formula is C17H11ClN4O. The van der Waals surface area contributed by atoms with Crippen LogP contribution in [-0.2, 0) is 0 Å². The second-order valence-corrected chi connectivity index (χ2v) is 5.57. The molecule has 0 fully saturated rings. The van der Waals surface area contributed by atoms with Crippen molar-refractivity contribution in [2.24, 2.45) is 0 Å². The second-order valence-electron chi connectivity index (χ2n) is 5.17. The van der Waals surface area contributed by atoms with Gasteiger partial charge in [-0.05, 0) is 31.2 Å². The number of hydrogen-bond donors (Lipinski definition) is 0. The normalized spacial score (nSPS) is 11.2. The summed E-state index contributed by atoms with van der Waals surface area (Å²) in [4.78, 5) is 21.9. The molecular weight excluding hydrogens is 312 g/mol. The maximum Gasteiger partial charge on any atom is 0.281 e. The van der Waals surface area contributed by atoms with Crippen LogP contribution >= 0.6 is 11.6 Å². The van der Waals surface area contributed by atoms with E-state index in [2.05, 4.69) is 15.1 Å². The summed E-state index contributed by atoms with van der Waals surface area (Å²) in [5.74, 6) is -0.321. The second kappa shape index (κ2) is 5.14. The van der Waals surface area contributed by atoms with Gasteiger partial charge in [0.05, 0.1) is 27.3 Å². The maximum atomic E-state index is 12.8. The summed E-state index contributed by atoms with van der Waals surface area (Å²) in [5, 5.41) is 4.70. The molecule has 4 rings (SSSR count). The first-order valence-corrected chi connectivity index (χ1v) is 7.44. The van der Waals surface area contributed by atoms with Crippen LogP contribution in [0.5, 0.6) is 0 Å². The van der Waals surface area contributed by atoms with Crippen molar-refractivity contribution in [2.45, 2.75) is 6.92 Å². The standard InChI is InChI=1S/C17H11ClN4O/c1-10-15-16(20-14-9-5-4-8-13(14)19-15)22(21-10)17(23)11-6-2-3-7-12(11)18/h2-9H,1H3. The Bertz CT molecular complexity index is 1070. The number of carbonyl (C=O) groups excluding carboxylic acids is 1. The van der Waals surface area contributed by atoms with Crippen LogP contribution in [0.1, 0.15) is 16.1 Å². The molecule has 0 aliphatic carbocycles. The number of halogens is 1. The Hall–Kier alpha value is -2.79. The Kier molecular flexibility index (Phi) is 3.09. The molecule has 0 unspecified atom stereocenters. The van der Waals surface area contributed by atoms with E-state index in [1.165, 1.54) is 4.68 Å². The van der Waals surface area contributed by atoms with Crippen LogP contribution in [0.4, 0.5) is 0 Å². The van der Waals surface area contributed by atoms with E-state index in [4.69, 9.17) is 11.6 Å². The molecule has 0 saturated heterocycles. The molecule has 0 atom stereocenters. The first-order valence-electron chi connectivity index (χ1n) is 7.06. The Labute approximate surface area is 136 Å². The third-order valence-electron chi connectivity index (χ3n) is 3.64. The SMILES string of the molecule is Cc1nn(C(=O)c2ccccc2Cl)c2nc3ccccc3nc12. The third kappa shape index (κ3) is 2.17. The topological polar surface area (TPSA) is 60.7 Å². The van der Waals surface area contributed by atoms with Crippen molar-refractivity contribution in [3.8, 4) is 0 Å². The number of rotatable bonds is 1. The summed E-state index contributed by atoms with van der Waals surface area (Å²) in [6.45, 7) is 1.81. The fraction of sp³-hybridized carbons (Fsp3) is 0.0588. The van der Waals surface area contributed by atoms with Crippen molar-refractivity contribution in [3.63, 3.8) is 0 Å². The summed E-state index contributed by atoms with van der Waals surface area (Å²) >= 11 is 6.12. The Morgan fingerprint density at radius 3 is 2.39 bits per heavy atom. The lowest BCUT2D eigenvalue weighted by molar-refractivity contribution is 0.0949. The van der Waals surface area contributed by atoms with Gasteiger partial charge in [-0.1, -0.05) is 35.9 Å². The van der Waals surface area contributed by atoms with E-state index in [9.17, 15) is 4.79 Å². The molecule has 6 heteroatoms. The molecule has 0 aliphatic rings. The van der Waals surface area contributed by atoms with Gasteiger partial charge in [-0.3, -0.25) is 4.79 Å². The van der Waals surface area contributed by atoms with E-state index in [0.717, 1.165) is 5.52 Å². The highest BCUT2D eigenvalue weighted by Gasteiger charge is 2.19. The zero-order valence-corrected chi connectivity index (χ0v) is 12.9. The minimum absolute atomic E-state index is 0.321. The Balaban J connectivity index is 1.99. The highest BCUT2D eigenvalue weighted by atomic mass is 35.5. The summed E-state index contributed by atoms with van der Waals surface area (Å²) in [7, 11) is 0. The number of fused-ring (bicyclic) bond motifs is 2. The zero-order valence-electron chi connectivity index (χ0n) is 12.2. The molecule has 0 N–H and O–H groups in total. The van der Waals surface area contributed by atoms with Gasteiger partial charge in [-0.2, -0.15) is 9.78 Å². The highest BCUT2D eigenvalue weighted by Crippen LogP contribution is 2.22. The van der Waals surface area contributed by atoms with Crippen LogP contribution in [0.3, 0.4) is 0 Å². The summed E-state index contributed by atoms with van der Waals surface area (Å²) in [6, 6.07) is 14.4. The van der Waals surface area contributed by atoms with Crippen LogP contribution in [0.2, 0.25) is 5.02 Å². The van der Waals surface area contributed by atoms with Gasteiger partial charge in [0.15, 0.2) is 5.65 Å². The van der Waals surface area contributed by atoms with E-state index >= 15 is 0 Å². The quantitative estimate of drug-likeness (QED) is 0.537. The molecule has 0 aliphatic heterocycles. The zero-order chi connectivity index (χ0) is 16.0. The number of benzene rings is 2. The molecule has 0 radical (unpaired) electrons. The Morgan fingerprint density at radius 2 is 1.65 bits per heavy atom. The van der Waals surface area contributed by atoms with Gasteiger partial charge < -0.3 is 0 Å². The molecule has 2 aromatic carbocycles. The van der Waals surface area contributed by atoms with E-state index in [1.54, 1.807) is 24.3 Å². The number of nitrogens with zero attached hydrogens (tertiary/aromatic N) is 4. The molecule has 2 heterocycles. The summed E-state index contributed by atoms with van der Waals surface area (Å²) in [6.07, 6.45) is 0. The molecule has 5 nitrogen and oxygen atoms in total. The van der Waals surface area contributed by atoms with E-state index in [1.807, 2.05) is 31.2 Å². The number of aromatic nitrogens is 4. The van der Waals surface area contributed by atoms with Crippen molar-refractivity contribution < 1.29 is 4.79 Å². The van der Waals surface area contributed by atoms with Crippen LogP contribution in [0.15, 0.2) is 48.5 Å². The van der Waals surface area contributed by atoms with Gasteiger partial charge in [0, 0.05) is 0 Å². The molecule has 0 saturated carbocycles. The van der Waals surface area contributed by atoms with Crippen LogP contribution in [0.25, 0.3) is 22.2 Å². The van der Waals surface area contributed by atoms with Crippen LogP contribution < -0.4 is 0 Å². The predicted molar refractivity (Wildman–Crippen MR) is 88.7 cm³/mol. The summed E-state index contributed by atoms with van der Waals surface area (Å²) in [5.41, 5.74) is 3.57.